The highest BCUT2D eigenvalue weighted by molar-refractivity contribution is 6.46. The summed E-state index contributed by atoms with van der Waals surface area (Å²) in [5.74, 6) is 0.311. The molecule has 1 aromatic carbocycles. The van der Waals surface area contributed by atoms with Crippen LogP contribution in [-0.4, -0.2) is 18.7 Å². The molecule has 0 radical (unpaired) electrons. The molecule has 0 bridgehead atoms. The zero-order valence-corrected chi connectivity index (χ0v) is 15.7. The smallest absolute Gasteiger partial charge is 0.229 e. The normalized spacial score (nSPS) is 28.5. The van der Waals surface area contributed by atoms with Crippen LogP contribution in [0.4, 0.5) is 0 Å². The van der Waals surface area contributed by atoms with E-state index in [-0.39, 0.29) is 34.2 Å². The van der Waals surface area contributed by atoms with Gasteiger partial charge in [0.2, 0.25) is 11.6 Å². The van der Waals surface area contributed by atoms with Gasteiger partial charge in [0, 0.05) is 16.9 Å². The number of benzene rings is 1. The lowest BCUT2D eigenvalue weighted by molar-refractivity contribution is -0.128. The van der Waals surface area contributed by atoms with E-state index in [9.17, 15) is 9.59 Å². The molecule has 2 atom stereocenters. The maximum absolute atomic E-state index is 13.0. The van der Waals surface area contributed by atoms with Crippen LogP contribution in [0.1, 0.15) is 81.3 Å². The number of hydrogen-bond acceptors (Lipinski definition) is 3. The van der Waals surface area contributed by atoms with Crippen molar-refractivity contribution in [2.24, 2.45) is 11.3 Å². The number of methoxy groups -OCH3 is 1. The summed E-state index contributed by atoms with van der Waals surface area (Å²) in [5.41, 5.74) is 2.16. The van der Waals surface area contributed by atoms with Crippen molar-refractivity contribution < 1.29 is 14.3 Å². The molecule has 1 fully saturated rings. The molecule has 0 spiro atoms. The van der Waals surface area contributed by atoms with Crippen LogP contribution in [0.5, 0.6) is 5.75 Å². The zero-order valence-electron chi connectivity index (χ0n) is 15.7. The first-order valence-corrected chi connectivity index (χ1v) is 8.94. The van der Waals surface area contributed by atoms with Crippen molar-refractivity contribution in [1.29, 1.82) is 0 Å². The Morgan fingerprint density at radius 1 is 1.12 bits per heavy atom. The van der Waals surface area contributed by atoms with Gasteiger partial charge in [-0.2, -0.15) is 0 Å². The first-order chi connectivity index (χ1) is 11.1. The topological polar surface area (TPSA) is 43.4 Å². The summed E-state index contributed by atoms with van der Waals surface area (Å²) in [6.45, 7) is 10.6. The van der Waals surface area contributed by atoms with Crippen molar-refractivity contribution in [3.63, 3.8) is 0 Å². The van der Waals surface area contributed by atoms with Gasteiger partial charge in [-0.25, -0.2) is 0 Å². The second-order valence-corrected chi connectivity index (χ2v) is 8.68. The first-order valence-electron chi connectivity index (χ1n) is 8.94. The highest BCUT2D eigenvalue weighted by Gasteiger charge is 2.56. The summed E-state index contributed by atoms with van der Waals surface area (Å²) >= 11 is 0. The van der Waals surface area contributed by atoms with Crippen LogP contribution < -0.4 is 4.74 Å². The molecule has 24 heavy (non-hydrogen) atoms. The van der Waals surface area contributed by atoms with Gasteiger partial charge in [-0.3, -0.25) is 9.59 Å². The molecule has 3 nitrogen and oxygen atoms in total. The van der Waals surface area contributed by atoms with Crippen LogP contribution in [0.2, 0.25) is 0 Å². The third-order valence-electron chi connectivity index (χ3n) is 6.27. The molecular formula is C21H28O3. The number of ether oxygens (including phenoxy) is 1. The van der Waals surface area contributed by atoms with Gasteiger partial charge in [0.25, 0.3) is 0 Å². The fourth-order valence-corrected chi connectivity index (χ4v) is 5.15. The van der Waals surface area contributed by atoms with E-state index < -0.39 is 0 Å². The van der Waals surface area contributed by atoms with Crippen molar-refractivity contribution >= 4 is 11.6 Å². The summed E-state index contributed by atoms with van der Waals surface area (Å²) in [6, 6.07) is 3.94. The predicted molar refractivity (Wildman–Crippen MR) is 94.9 cm³/mol. The number of Topliss-reactive ketones (excluding diaryl/α,β-unsaturated/α-hetero) is 2. The van der Waals surface area contributed by atoms with Gasteiger partial charge in [0.15, 0.2) is 0 Å². The highest BCUT2D eigenvalue weighted by atomic mass is 16.5. The Hall–Kier alpha value is -1.64. The maximum Gasteiger partial charge on any atom is 0.229 e. The molecule has 1 aromatic rings. The van der Waals surface area contributed by atoms with Gasteiger partial charge in [0.1, 0.15) is 5.75 Å². The summed E-state index contributed by atoms with van der Waals surface area (Å²) in [6.07, 6.45) is 3.01. The third-order valence-corrected chi connectivity index (χ3v) is 6.27. The summed E-state index contributed by atoms with van der Waals surface area (Å²) in [7, 11) is 1.67. The minimum absolute atomic E-state index is 0.151. The van der Waals surface area contributed by atoms with Gasteiger partial charge in [0.05, 0.1) is 7.11 Å². The lowest BCUT2D eigenvalue weighted by Crippen LogP contribution is -2.54. The van der Waals surface area contributed by atoms with Crippen LogP contribution in [0.25, 0.3) is 0 Å². The molecule has 0 heterocycles. The standard InChI is InChI=1S/C21H28O3/c1-12(2)13-10-14-15(11-16(13)24-6)21(5)9-7-8-20(3,4)19(21)18(23)17(14)22/h10-12,19H,7-9H2,1-6H3/t19-,21+/m0/s1. The van der Waals surface area contributed by atoms with Crippen molar-refractivity contribution in [2.75, 3.05) is 7.11 Å². The van der Waals surface area contributed by atoms with Crippen LogP contribution in [-0.2, 0) is 10.2 Å². The van der Waals surface area contributed by atoms with Crippen LogP contribution in [0.15, 0.2) is 12.1 Å². The van der Waals surface area contributed by atoms with Crippen LogP contribution >= 0.6 is 0 Å². The Balaban J connectivity index is 2.29. The Morgan fingerprint density at radius 2 is 1.79 bits per heavy atom. The second kappa shape index (κ2) is 5.44. The molecule has 130 valence electrons. The van der Waals surface area contributed by atoms with Crippen LogP contribution in [0, 0.1) is 11.3 Å². The average Bonchev–Trinajstić information content (AvgIpc) is 2.50. The van der Waals surface area contributed by atoms with E-state index in [1.165, 1.54) is 0 Å². The Morgan fingerprint density at radius 3 is 2.38 bits per heavy atom. The van der Waals surface area contributed by atoms with Gasteiger partial charge >= 0.3 is 0 Å². The van der Waals surface area contributed by atoms with Crippen LogP contribution in [0.3, 0.4) is 0 Å². The van der Waals surface area contributed by atoms with Gasteiger partial charge in [-0.05, 0) is 47.4 Å². The maximum atomic E-state index is 13.0. The van der Waals surface area contributed by atoms with Gasteiger partial charge < -0.3 is 4.74 Å². The molecule has 0 aromatic heterocycles. The number of fused-ring (bicyclic) bond motifs is 3. The quantitative estimate of drug-likeness (QED) is 0.741. The third kappa shape index (κ3) is 2.24. The molecule has 0 unspecified atom stereocenters. The summed E-state index contributed by atoms with van der Waals surface area (Å²) in [5, 5.41) is 0. The number of carbonyl (C=O) groups is 2. The largest absolute Gasteiger partial charge is 0.496 e. The van der Waals surface area contributed by atoms with Crippen molar-refractivity contribution in [3.05, 3.63) is 28.8 Å². The number of carbonyl (C=O) groups excluding carboxylic acids is 2. The van der Waals surface area contributed by atoms with E-state index in [0.29, 0.717) is 5.56 Å². The van der Waals surface area contributed by atoms with Crippen molar-refractivity contribution in [3.8, 4) is 5.75 Å². The Labute approximate surface area is 144 Å². The SMILES string of the molecule is COc1cc2c(cc1C(C)C)C(=O)C(=O)[C@H]1C(C)(C)CCC[C@]21C. The lowest BCUT2D eigenvalue weighted by atomic mass is 9.49. The zero-order chi connectivity index (χ0) is 17.9. The second-order valence-electron chi connectivity index (χ2n) is 8.68. The Bertz CT molecular complexity index is 714. The molecule has 3 rings (SSSR count). The molecule has 1 saturated carbocycles. The molecule has 0 amide bonds. The van der Waals surface area contributed by atoms with E-state index in [1.807, 2.05) is 12.1 Å². The molecule has 2 aliphatic carbocycles. The van der Waals surface area contributed by atoms with Crippen molar-refractivity contribution in [1.82, 2.24) is 0 Å². The van der Waals surface area contributed by atoms with Gasteiger partial charge in [-0.1, -0.05) is 41.0 Å². The summed E-state index contributed by atoms with van der Waals surface area (Å²) in [4.78, 5) is 25.9. The monoisotopic (exact) mass is 328 g/mol. The molecular weight excluding hydrogens is 300 g/mol. The first kappa shape index (κ1) is 17.2. The molecule has 3 heteroatoms. The van der Waals surface area contributed by atoms with Crippen molar-refractivity contribution in [2.45, 2.75) is 65.2 Å². The van der Waals surface area contributed by atoms with E-state index >= 15 is 0 Å². The predicted octanol–water partition coefficient (Wildman–Crippen LogP) is 4.67. The van der Waals surface area contributed by atoms with E-state index in [1.54, 1.807) is 7.11 Å². The fraction of sp³-hybridized carbons (Fsp3) is 0.619. The molecule has 0 N–H and O–H groups in total. The molecule has 0 aliphatic heterocycles. The average molecular weight is 328 g/mol. The molecule has 0 saturated heterocycles. The number of rotatable bonds is 2. The van der Waals surface area contributed by atoms with E-state index in [2.05, 4.69) is 34.6 Å². The lowest BCUT2D eigenvalue weighted by Gasteiger charge is -2.52. The number of ketones is 2. The summed E-state index contributed by atoms with van der Waals surface area (Å²) < 4.78 is 5.62. The minimum Gasteiger partial charge on any atom is -0.496 e. The van der Waals surface area contributed by atoms with Gasteiger partial charge in [-0.15, -0.1) is 0 Å². The highest BCUT2D eigenvalue weighted by Crippen LogP contribution is 2.56. The van der Waals surface area contributed by atoms with E-state index in [0.717, 1.165) is 36.1 Å². The minimum atomic E-state index is -0.313. The fourth-order valence-electron chi connectivity index (χ4n) is 5.15. The molecule has 2 aliphatic rings. The number of hydrogen-bond donors (Lipinski definition) is 0. The Kier molecular flexibility index (Phi) is 3.89. The van der Waals surface area contributed by atoms with E-state index in [4.69, 9.17) is 4.74 Å².